The SMILES string of the molecule is COc1ccc(C(=O)N2CCN(CC(=O)N3CCCCC3)CC2)cc1S(=O)(=O)NC1CC1. The summed E-state index contributed by atoms with van der Waals surface area (Å²) in [6.45, 7) is 4.32. The number of likely N-dealkylation sites (tertiary alicyclic amines) is 1. The first-order chi connectivity index (χ1) is 15.4. The molecular formula is C22H32N4O5S. The summed E-state index contributed by atoms with van der Waals surface area (Å²) >= 11 is 0. The highest BCUT2D eigenvalue weighted by Crippen LogP contribution is 2.29. The minimum atomic E-state index is -3.76. The Hall–Kier alpha value is -2.17. The van der Waals surface area contributed by atoms with Crippen molar-refractivity contribution in [3.8, 4) is 5.75 Å². The van der Waals surface area contributed by atoms with E-state index in [9.17, 15) is 18.0 Å². The van der Waals surface area contributed by atoms with Crippen molar-refractivity contribution in [3.05, 3.63) is 23.8 Å². The third-order valence-electron chi connectivity index (χ3n) is 6.33. The minimum absolute atomic E-state index is 0.0106. The molecule has 0 spiro atoms. The molecule has 0 unspecified atom stereocenters. The maximum atomic E-state index is 13.1. The van der Waals surface area contributed by atoms with Crippen molar-refractivity contribution in [2.45, 2.75) is 43.0 Å². The molecule has 3 fully saturated rings. The van der Waals surface area contributed by atoms with Crippen LogP contribution in [0.1, 0.15) is 42.5 Å². The first-order valence-corrected chi connectivity index (χ1v) is 12.9. The summed E-state index contributed by atoms with van der Waals surface area (Å²) in [5, 5.41) is 0. The van der Waals surface area contributed by atoms with Gasteiger partial charge in [0, 0.05) is 50.9 Å². The van der Waals surface area contributed by atoms with Gasteiger partial charge in [-0.2, -0.15) is 0 Å². The second-order valence-electron chi connectivity index (χ2n) is 8.77. The number of benzene rings is 1. The predicted octanol–water partition coefficient (Wildman–Crippen LogP) is 0.906. The average molecular weight is 465 g/mol. The molecule has 0 aromatic heterocycles. The Balaban J connectivity index is 1.37. The fourth-order valence-corrected chi connectivity index (χ4v) is 5.73. The van der Waals surface area contributed by atoms with E-state index in [1.165, 1.54) is 25.7 Å². The van der Waals surface area contributed by atoms with E-state index in [2.05, 4.69) is 9.62 Å². The van der Waals surface area contributed by atoms with Crippen molar-refractivity contribution < 1.29 is 22.7 Å². The lowest BCUT2D eigenvalue weighted by Crippen LogP contribution is -2.52. The molecule has 1 aromatic rings. The fraction of sp³-hybridized carbons (Fsp3) is 0.636. The van der Waals surface area contributed by atoms with Crippen LogP contribution in [-0.2, 0) is 14.8 Å². The molecule has 2 aliphatic heterocycles. The van der Waals surface area contributed by atoms with Crippen molar-refractivity contribution in [2.75, 3.05) is 52.9 Å². The number of sulfonamides is 1. The van der Waals surface area contributed by atoms with Crippen molar-refractivity contribution in [3.63, 3.8) is 0 Å². The fourth-order valence-electron chi connectivity index (χ4n) is 4.23. The van der Waals surface area contributed by atoms with E-state index in [1.54, 1.807) is 11.0 Å². The Morgan fingerprint density at radius 1 is 1.00 bits per heavy atom. The molecule has 0 radical (unpaired) electrons. The molecule has 3 aliphatic rings. The maximum absolute atomic E-state index is 13.1. The van der Waals surface area contributed by atoms with Gasteiger partial charge >= 0.3 is 0 Å². The van der Waals surface area contributed by atoms with Gasteiger partial charge in [-0.1, -0.05) is 0 Å². The molecule has 9 nitrogen and oxygen atoms in total. The van der Waals surface area contributed by atoms with Crippen LogP contribution in [0.2, 0.25) is 0 Å². The Bertz CT molecular complexity index is 949. The summed E-state index contributed by atoms with van der Waals surface area (Å²) in [7, 11) is -2.34. The molecule has 1 N–H and O–H groups in total. The average Bonchev–Trinajstić information content (AvgIpc) is 3.62. The first-order valence-electron chi connectivity index (χ1n) is 11.4. The summed E-state index contributed by atoms with van der Waals surface area (Å²) < 4.78 is 33.3. The number of piperidine rings is 1. The second-order valence-corrected chi connectivity index (χ2v) is 10.5. The molecule has 32 heavy (non-hydrogen) atoms. The van der Waals surface area contributed by atoms with Crippen LogP contribution < -0.4 is 9.46 Å². The molecule has 176 valence electrons. The van der Waals surface area contributed by atoms with Gasteiger partial charge in [0.05, 0.1) is 13.7 Å². The summed E-state index contributed by atoms with van der Waals surface area (Å²) in [5.74, 6) is 0.172. The molecule has 0 bridgehead atoms. The lowest BCUT2D eigenvalue weighted by atomic mass is 10.1. The highest BCUT2D eigenvalue weighted by molar-refractivity contribution is 7.89. The number of methoxy groups -OCH3 is 1. The van der Waals surface area contributed by atoms with Crippen LogP contribution in [0, 0.1) is 0 Å². The predicted molar refractivity (Wildman–Crippen MR) is 119 cm³/mol. The zero-order valence-corrected chi connectivity index (χ0v) is 19.4. The third kappa shape index (κ3) is 5.41. The molecular weight excluding hydrogens is 432 g/mol. The number of nitrogens with zero attached hydrogens (tertiary/aromatic N) is 3. The smallest absolute Gasteiger partial charge is 0.253 e. The summed E-state index contributed by atoms with van der Waals surface area (Å²) in [4.78, 5) is 31.3. The van der Waals surface area contributed by atoms with Gasteiger partial charge < -0.3 is 14.5 Å². The maximum Gasteiger partial charge on any atom is 0.253 e. The number of ether oxygens (including phenoxy) is 1. The monoisotopic (exact) mass is 464 g/mol. The molecule has 1 aliphatic carbocycles. The van der Waals surface area contributed by atoms with Gasteiger partial charge in [-0.3, -0.25) is 14.5 Å². The van der Waals surface area contributed by atoms with Gasteiger partial charge in [0.15, 0.2) is 0 Å². The van der Waals surface area contributed by atoms with E-state index in [0.29, 0.717) is 38.3 Å². The Labute approximate surface area is 189 Å². The highest BCUT2D eigenvalue weighted by Gasteiger charge is 2.31. The Morgan fingerprint density at radius 2 is 1.69 bits per heavy atom. The third-order valence-corrected chi connectivity index (χ3v) is 7.87. The van der Waals surface area contributed by atoms with Gasteiger partial charge in [0.25, 0.3) is 5.91 Å². The number of hydrogen-bond donors (Lipinski definition) is 1. The van der Waals surface area contributed by atoms with E-state index < -0.39 is 10.0 Å². The van der Waals surface area contributed by atoms with Crippen molar-refractivity contribution in [1.82, 2.24) is 19.4 Å². The van der Waals surface area contributed by atoms with Gasteiger partial charge in [-0.05, 0) is 50.3 Å². The zero-order chi connectivity index (χ0) is 22.7. The molecule has 2 heterocycles. The Morgan fingerprint density at radius 3 is 2.31 bits per heavy atom. The van der Waals surface area contributed by atoms with Crippen LogP contribution in [-0.4, -0.2) is 93.9 Å². The largest absolute Gasteiger partial charge is 0.495 e. The van der Waals surface area contributed by atoms with Crippen LogP contribution in [0.3, 0.4) is 0 Å². The van der Waals surface area contributed by atoms with Crippen LogP contribution in [0.25, 0.3) is 0 Å². The topological polar surface area (TPSA) is 99.3 Å². The number of hydrogen-bond acceptors (Lipinski definition) is 6. The van der Waals surface area contributed by atoms with Crippen molar-refractivity contribution in [1.29, 1.82) is 0 Å². The van der Waals surface area contributed by atoms with Crippen LogP contribution in [0.4, 0.5) is 0 Å². The minimum Gasteiger partial charge on any atom is -0.495 e. The standard InChI is InChI=1S/C22H32N4O5S/c1-31-19-8-5-17(15-20(19)32(29,30)23-18-6-7-18)22(28)26-13-11-24(12-14-26)16-21(27)25-9-3-2-4-10-25/h5,8,15,18,23H,2-4,6-7,9-14,16H2,1H3. The molecule has 1 saturated carbocycles. The number of amides is 2. The van der Waals surface area contributed by atoms with Crippen molar-refractivity contribution >= 4 is 21.8 Å². The normalized spacial score (nSPS) is 20.3. The lowest BCUT2D eigenvalue weighted by molar-refractivity contribution is -0.133. The number of rotatable bonds is 7. The van der Waals surface area contributed by atoms with Crippen LogP contribution >= 0.6 is 0 Å². The second kappa shape index (κ2) is 9.76. The number of nitrogens with one attached hydrogen (secondary N) is 1. The van der Waals surface area contributed by atoms with Gasteiger partial charge in [-0.15, -0.1) is 0 Å². The van der Waals surface area contributed by atoms with Crippen LogP contribution in [0.5, 0.6) is 5.75 Å². The Kier molecular flexibility index (Phi) is 7.02. The number of carbonyl (C=O) groups excluding carboxylic acids is 2. The summed E-state index contributed by atoms with van der Waals surface area (Å²) in [6.07, 6.45) is 4.98. The molecule has 1 aromatic carbocycles. The molecule has 0 atom stereocenters. The molecule has 2 amide bonds. The van der Waals surface area contributed by atoms with Crippen LogP contribution in [0.15, 0.2) is 23.1 Å². The summed E-state index contributed by atoms with van der Waals surface area (Å²) in [6, 6.07) is 4.49. The lowest BCUT2D eigenvalue weighted by Gasteiger charge is -2.36. The molecule has 10 heteroatoms. The van der Waals surface area contributed by atoms with E-state index in [-0.39, 0.29) is 28.5 Å². The van der Waals surface area contributed by atoms with Gasteiger partial charge in [-0.25, -0.2) is 13.1 Å². The van der Waals surface area contributed by atoms with E-state index in [1.807, 2.05) is 4.90 Å². The number of carbonyl (C=O) groups is 2. The molecule has 4 rings (SSSR count). The number of piperazine rings is 1. The van der Waals surface area contributed by atoms with E-state index in [0.717, 1.165) is 38.8 Å². The zero-order valence-electron chi connectivity index (χ0n) is 18.6. The van der Waals surface area contributed by atoms with Gasteiger partial charge in [0.1, 0.15) is 10.6 Å². The van der Waals surface area contributed by atoms with E-state index >= 15 is 0 Å². The molecule has 2 saturated heterocycles. The van der Waals surface area contributed by atoms with E-state index in [4.69, 9.17) is 4.74 Å². The highest BCUT2D eigenvalue weighted by atomic mass is 32.2. The first kappa shape index (κ1) is 23.0. The van der Waals surface area contributed by atoms with Crippen molar-refractivity contribution in [2.24, 2.45) is 0 Å². The summed E-state index contributed by atoms with van der Waals surface area (Å²) in [5.41, 5.74) is 0.319. The quantitative estimate of drug-likeness (QED) is 0.644. The van der Waals surface area contributed by atoms with Gasteiger partial charge in [0.2, 0.25) is 15.9 Å².